The molecule has 0 saturated heterocycles. The van der Waals surface area contributed by atoms with Crippen molar-refractivity contribution in [3.8, 4) is 0 Å². The number of hydrogen-bond donors (Lipinski definition) is 2. The number of carbonyl (C=O) groups excluding carboxylic acids is 1. The third-order valence-corrected chi connectivity index (χ3v) is 2.62. The van der Waals surface area contributed by atoms with E-state index in [9.17, 15) is 4.79 Å². The first-order valence-corrected chi connectivity index (χ1v) is 4.96. The van der Waals surface area contributed by atoms with Crippen LogP contribution in [0.2, 0.25) is 0 Å². The van der Waals surface area contributed by atoms with Gasteiger partial charge in [-0.2, -0.15) is 0 Å². The van der Waals surface area contributed by atoms with Gasteiger partial charge in [-0.15, -0.1) is 11.6 Å². The lowest BCUT2D eigenvalue weighted by Gasteiger charge is -2.26. The monoisotopic (exact) mass is 226 g/mol. The molecule has 3 nitrogen and oxygen atoms in total. The molecule has 4 N–H and O–H groups in total. The summed E-state index contributed by atoms with van der Waals surface area (Å²) in [7, 11) is 0. The molecule has 2 atom stereocenters. The second kappa shape index (κ2) is 6.46. The minimum atomic E-state index is -0.0720. The van der Waals surface area contributed by atoms with E-state index < -0.39 is 0 Å². The van der Waals surface area contributed by atoms with Crippen molar-refractivity contribution in [3.05, 3.63) is 0 Å². The van der Waals surface area contributed by atoms with Crippen LogP contribution in [-0.4, -0.2) is 23.9 Å². The zero-order chi connectivity index (χ0) is 8.97. The molecule has 1 fully saturated rings. The van der Waals surface area contributed by atoms with Crippen molar-refractivity contribution in [1.29, 1.82) is 0 Å². The standard InChI is InChI=1S/C8H15ClN2O.ClH/c9-5-8(12)11-7-4-2-1-3-6(7)10;/h6-7H,1-5,10H2,(H,11,12);1H/t6-,7-;/m1./s1. The molecular formula is C8H16Cl2N2O. The molecule has 0 aromatic heterocycles. The summed E-state index contributed by atoms with van der Waals surface area (Å²) >= 11 is 5.39. The molecule has 1 aliphatic carbocycles. The van der Waals surface area contributed by atoms with E-state index in [0.717, 1.165) is 12.8 Å². The molecular weight excluding hydrogens is 211 g/mol. The lowest BCUT2D eigenvalue weighted by molar-refractivity contribution is -0.430. The summed E-state index contributed by atoms with van der Waals surface area (Å²) in [6.07, 6.45) is 4.60. The fourth-order valence-electron chi connectivity index (χ4n) is 1.64. The molecule has 0 aromatic carbocycles. The first-order valence-electron chi connectivity index (χ1n) is 4.42. The second-order valence-corrected chi connectivity index (χ2v) is 3.62. The van der Waals surface area contributed by atoms with Crippen LogP contribution in [-0.2, 0) is 4.79 Å². The van der Waals surface area contributed by atoms with Crippen molar-refractivity contribution in [2.75, 3.05) is 5.88 Å². The minimum Gasteiger partial charge on any atom is -1.00 e. The lowest BCUT2D eigenvalue weighted by Crippen LogP contribution is -3.00. The van der Waals surface area contributed by atoms with E-state index in [0.29, 0.717) is 6.04 Å². The number of carbonyl (C=O) groups is 1. The number of nitrogens with one attached hydrogen (secondary N) is 1. The predicted molar refractivity (Wildman–Crippen MR) is 47.8 cm³/mol. The Kier molecular flexibility index (Phi) is 6.47. The van der Waals surface area contributed by atoms with Gasteiger partial charge in [0, 0.05) is 6.42 Å². The first kappa shape index (κ1) is 13.0. The van der Waals surface area contributed by atoms with Gasteiger partial charge in [-0.05, 0) is 12.8 Å². The van der Waals surface area contributed by atoms with E-state index in [1.165, 1.54) is 12.8 Å². The Balaban J connectivity index is 0.00000144. The number of halogens is 2. The highest BCUT2D eigenvalue weighted by Crippen LogP contribution is 2.15. The average Bonchev–Trinajstić information content (AvgIpc) is 2.09. The summed E-state index contributed by atoms with van der Waals surface area (Å²) < 4.78 is 0. The Hall–Kier alpha value is 0.01000. The SMILES string of the molecule is [Cl-].[NH3+][C@@H]1CCCC[C@H]1NC(=O)CCl. The third kappa shape index (κ3) is 4.16. The van der Waals surface area contributed by atoms with E-state index in [2.05, 4.69) is 11.1 Å². The molecule has 0 bridgehead atoms. The quantitative estimate of drug-likeness (QED) is 0.482. The molecule has 0 aliphatic heterocycles. The van der Waals surface area contributed by atoms with Gasteiger partial charge in [0.1, 0.15) is 11.9 Å². The summed E-state index contributed by atoms with van der Waals surface area (Å²) in [5.74, 6) is -0.0133. The maximum absolute atomic E-state index is 11.0. The van der Waals surface area contributed by atoms with Crippen LogP contribution >= 0.6 is 11.6 Å². The van der Waals surface area contributed by atoms with E-state index >= 15 is 0 Å². The molecule has 1 saturated carbocycles. The van der Waals surface area contributed by atoms with Gasteiger partial charge in [-0.25, -0.2) is 0 Å². The van der Waals surface area contributed by atoms with Crippen LogP contribution in [0.3, 0.4) is 0 Å². The summed E-state index contributed by atoms with van der Waals surface area (Å²) in [4.78, 5) is 11.0. The maximum atomic E-state index is 11.0. The van der Waals surface area contributed by atoms with Gasteiger partial charge in [0.2, 0.25) is 5.91 Å². The van der Waals surface area contributed by atoms with Crippen molar-refractivity contribution in [1.82, 2.24) is 5.32 Å². The molecule has 1 rings (SSSR count). The Bertz CT molecular complexity index is 166. The zero-order valence-corrected chi connectivity index (χ0v) is 9.07. The van der Waals surface area contributed by atoms with Crippen molar-refractivity contribution in [2.24, 2.45) is 0 Å². The van der Waals surface area contributed by atoms with E-state index in [1.807, 2.05) is 0 Å². The fraction of sp³-hybridized carbons (Fsp3) is 0.875. The molecule has 1 amide bonds. The van der Waals surface area contributed by atoms with E-state index in [1.54, 1.807) is 0 Å². The highest BCUT2D eigenvalue weighted by Gasteiger charge is 2.25. The molecule has 0 unspecified atom stereocenters. The van der Waals surface area contributed by atoms with Crippen molar-refractivity contribution < 1.29 is 22.9 Å². The second-order valence-electron chi connectivity index (χ2n) is 3.35. The summed E-state index contributed by atoms with van der Waals surface area (Å²) in [6, 6.07) is 0.621. The topological polar surface area (TPSA) is 56.7 Å². The smallest absolute Gasteiger partial charge is 0.235 e. The van der Waals surface area contributed by atoms with Gasteiger partial charge in [0.15, 0.2) is 0 Å². The molecule has 1 aliphatic rings. The number of hydrogen-bond acceptors (Lipinski definition) is 1. The fourth-order valence-corrected chi connectivity index (χ4v) is 1.72. The summed E-state index contributed by atoms with van der Waals surface area (Å²) in [5, 5.41) is 2.88. The first-order chi connectivity index (χ1) is 5.74. The van der Waals surface area contributed by atoms with Gasteiger partial charge >= 0.3 is 0 Å². The van der Waals surface area contributed by atoms with Crippen LogP contribution in [0, 0.1) is 0 Å². The Morgan fingerprint density at radius 1 is 1.46 bits per heavy atom. The van der Waals surface area contributed by atoms with Gasteiger partial charge in [-0.3, -0.25) is 4.79 Å². The molecule has 0 spiro atoms. The van der Waals surface area contributed by atoms with Gasteiger partial charge in [0.05, 0.1) is 6.04 Å². The highest BCUT2D eigenvalue weighted by molar-refractivity contribution is 6.27. The molecule has 0 heterocycles. The molecule has 78 valence electrons. The highest BCUT2D eigenvalue weighted by atomic mass is 35.5. The Morgan fingerprint density at radius 2 is 2.08 bits per heavy atom. The molecule has 13 heavy (non-hydrogen) atoms. The van der Waals surface area contributed by atoms with E-state index in [-0.39, 0.29) is 30.2 Å². The molecule has 5 heteroatoms. The van der Waals surface area contributed by atoms with Crippen molar-refractivity contribution in [2.45, 2.75) is 37.8 Å². The summed E-state index contributed by atoms with van der Waals surface area (Å²) in [6.45, 7) is 0. The van der Waals surface area contributed by atoms with Crippen molar-refractivity contribution in [3.63, 3.8) is 0 Å². The average molecular weight is 227 g/mol. The van der Waals surface area contributed by atoms with Crippen LogP contribution in [0.25, 0.3) is 0 Å². The normalized spacial score (nSPS) is 27.5. The van der Waals surface area contributed by atoms with Crippen LogP contribution in [0.15, 0.2) is 0 Å². The number of amides is 1. The largest absolute Gasteiger partial charge is 1.00 e. The molecule has 0 radical (unpaired) electrons. The third-order valence-electron chi connectivity index (χ3n) is 2.38. The van der Waals surface area contributed by atoms with Gasteiger partial charge in [0.25, 0.3) is 0 Å². The van der Waals surface area contributed by atoms with Crippen LogP contribution < -0.4 is 23.5 Å². The van der Waals surface area contributed by atoms with Gasteiger partial charge < -0.3 is 23.5 Å². The zero-order valence-electron chi connectivity index (χ0n) is 7.56. The Labute approximate surface area is 89.8 Å². The van der Waals surface area contributed by atoms with Crippen LogP contribution in [0.1, 0.15) is 25.7 Å². The number of alkyl halides is 1. The van der Waals surface area contributed by atoms with Crippen LogP contribution in [0.4, 0.5) is 0 Å². The van der Waals surface area contributed by atoms with Gasteiger partial charge in [-0.1, -0.05) is 6.42 Å². The maximum Gasteiger partial charge on any atom is 0.235 e. The summed E-state index contributed by atoms with van der Waals surface area (Å²) in [5.41, 5.74) is 4.01. The Morgan fingerprint density at radius 3 is 2.62 bits per heavy atom. The minimum absolute atomic E-state index is 0. The van der Waals surface area contributed by atoms with Crippen molar-refractivity contribution >= 4 is 17.5 Å². The number of rotatable bonds is 2. The van der Waals surface area contributed by atoms with Crippen LogP contribution in [0.5, 0.6) is 0 Å². The lowest BCUT2D eigenvalue weighted by atomic mass is 9.91. The van der Waals surface area contributed by atoms with E-state index in [4.69, 9.17) is 11.6 Å². The molecule has 0 aromatic rings. The number of quaternary nitrogens is 1. The predicted octanol–water partition coefficient (Wildman–Crippen LogP) is -3.10.